The Balaban J connectivity index is 2.50. The van der Waals surface area contributed by atoms with Crippen LogP contribution in [0.15, 0.2) is 12.3 Å². The number of amides is 2. The Labute approximate surface area is 114 Å². The molecule has 108 valence electrons. The number of carbonyl (C=O) groups is 2. The molecule has 0 aromatic rings. The molecule has 0 heterocycles. The van der Waals surface area contributed by atoms with E-state index < -0.39 is 6.09 Å². The van der Waals surface area contributed by atoms with E-state index in [1.807, 2.05) is 13.8 Å². The quantitative estimate of drug-likeness (QED) is 0.660. The van der Waals surface area contributed by atoms with Gasteiger partial charge in [0.25, 0.3) is 0 Å². The lowest BCUT2D eigenvalue weighted by molar-refractivity contribution is -0.121. The zero-order valence-corrected chi connectivity index (χ0v) is 11.9. The summed E-state index contributed by atoms with van der Waals surface area (Å²) in [7, 11) is 2.95. The summed E-state index contributed by atoms with van der Waals surface area (Å²) in [6.45, 7) is 7.92. The van der Waals surface area contributed by atoms with Crippen LogP contribution in [0.5, 0.6) is 0 Å². The summed E-state index contributed by atoms with van der Waals surface area (Å²) in [6, 6.07) is -0.119. The van der Waals surface area contributed by atoms with Gasteiger partial charge in [0.2, 0.25) is 5.91 Å². The molecule has 0 unspecified atom stereocenters. The van der Waals surface area contributed by atoms with Crippen molar-refractivity contribution in [3.8, 4) is 0 Å². The second-order valence-corrected chi connectivity index (χ2v) is 5.09. The van der Waals surface area contributed by atoms with Gasteiger partial charge in [0.05, 0.1) is 19.1 Å². The molecular weight excluding hydrogens is 246 g/mol. The predicted molar refractivity (Wildman–Crippen MR) is 72.4 cm³/mol. The normalized spacial score (nSPS) is 22.4. The van der Waals surface area contributed by atoms with E-state index in [0.717, 1.165) is 6.42 Å². The highest BCUT2D eigenvalue weighted by atomic mass is 16.5. The van der Waals surface area contributed by atoms with Crippen LogP contribution in [0.25, 0.3) is 0 Å². The van der Waals surface area contributed by atoms with Crippen molar-refractivity contribution in [2.75, 3.05) is 14.2 Å². The molecule has 0 spiro atoms. The van der Waals surface area contributed by atoms with E-state index in [1.165, 1.54) is 7.11 Å². The molecule has 19 heavy (non-hydrogen) atoms. The van der Waals surface area contributed by atoms with Crippen molar-refractivity contribution in [3.05, 3.63) is 12.3 Å². The van der Waals surface area contributed by atoms with Gasteiger partial charge < -0.3 is 20.7 Å². The van der Waals surface area contributed by atoms with Gasteiger partial charge in [-0.15, -0.1) is 0 Å². The third-order valence-electron chi connectivity index (χ3n) is 3.25. The van der Waals surface area contributed by atoms with Crippen LogP contribution in [0.4, 0.5) is 4.79 Å². The van der Waals surface area contributed by atoms with Crippen LogP contribution in [0.3, 0.4) is 0 Å². The minimum absolute atomic E-state index is 0.00677. The fourth-order valence-corrected chi connectivity index (χ4v) is 2.00. The molecule has 2 amide bonds. The van der Waals surface area contributed by atoms with Crippen molar-refractivity contribution in [1.29, 1.82) is 0 Å². The minimum Gasteiger partial charge on any atom is -0.453 e. The molecule has 6 nitrogen and oxygen atoms in total. The first kappa shape index (κ1) is 15.3. The average Bonchev–Trinajstić information content (AvgIpc) is 3.13. The molecule has 0 aromatic carbocycles. The number of nitrogens with one attached hydrogen (secondary N) is 3. The van der Waals surface area contributed by atoms with Gasteiger partial charge in [-0.2, -0.15) is 0 Å². The molecule has 1 fully saturated rings. The molecule has 1 rings (SSSR count). The summed E-state index contributed by atoms with van der Waals surface area (Å²) in [4.78, 5) is 22.7. The molecule has 0 aliphatic heterocycles. The summed E-state index contributed by atoms with van der Waals surface area (Å²) in [5, 5.41) is 8.56. The zero-order valence-electron chi connectivity index (χ0n) is 11.9. The van der Waals surface area contributed by atoms with Crippen LogP contribution in [0.1, 0.15) is 20.3 Å². The van der Waals surface area contributed by atoms with Gasteiger partial charge in [0.1, 0.15) is 0 Å². The maximum atomic E-state index is 11.4. The SMILES string of the molecule is C=C(N[C@H]1C[C@@H]1C(=O)NC)[C@@H](NC(=O)OC)C(C)C. The first-order chi connectivity index (χ1) is 8.90. The number of methoxy groups -OCH3 is 1. The maximum Gasteiger partial charge on any atom is 0.407 e. The van der Waals surface area contributed by atoms with E-state index in [1.54, 1.807) is 7.05 Å². The largest absolute Gasteiger partial charge is 0.453 e. The fourth-order valence-electron chi connectivity index (χ4n) is 2.00. The molecule has 1 aliphatic carbocycles. The van der Waals surface area contributed by atoms with Gasteiger partial charge in [-0.3, -0.25) is 4.79 Å². The Hall–Kier alpha value is -1.72. The molecule has 3 atom stereocenters. The minimum atomic E-state index is -0.486. The van der Waals surface area contributed by atoms with Crippen LogP contribution in [0.2, 0.25) is 0 Å². The van der Waals surface area contributed by atoms with Crippen LogP contribution in [0, 0.1) is 11.8 Å². The number of ether oxygens (including phenoxy) is 1. The lowest BCUT2D eigenvalue weighted by Gasteiger charge is -2.25. The lowest BCUT2D eigenvalue weighted by Crippen LogP contribution is -2.44. The van der Waals surface area contributed by atoms with Crippen LogP contribution in [-0.2, 0) is 9.53 Å². The molecule has 1 aliphatic rings. The summed E-state index contributed by atoms with van der Waals surface area (Å²) in [6.07, 6.45) is 0.308. The van der Waals surface area contributed by atoms with Crippen LogP contribution >= 0.6 is 0 Å². The number of carbonyl (C=O) groups excluding carboxylic acids is 2. The summed E-state index contributed by atoms with van der Waals surface area (Å²) < 4.78 is 4.60. The van der Waals surface area contributed by atoms with Crippen molar-refractivity contribution < 1.29 is 14.3 Å². The predicted octanol–water partition coefficient (Wildman–Crippen LogP) is 0.605. The van der Waals surface area contributed by atoms with Gasteiger partial charge in [0, 0.05) is 18.8 Å². The van der Waals surface area contributed by atoms with Crippen LogP contribution in [-0.4, -0.2) is 38.2 Å². The number of rotatable bonds is 6. The highest BCUT2D eigenvalue weighted by Gasteiger charge is 2.43. The number of hydrogen-bond acceptors (Lipinski definition) is 4. The third-order valence-corrected chi connectivity index (χ3v) is 3.25. The molecule has 1 saturated carbocycles. The highest BCUT2D eigenvalue weighted by Crippen LogP contribution is 2.31. The molecule has 0 aromatic heterocycles. The molecular formula is C13H23N3O3. The number of alkyl carbamates (subject to hydrolysis) is 1. The van der Waals surface area contributed by atoms with Crippen molar-refractivity contribution >= 4 is 12.0 Å². The average molecular weight is 269 g/mol. The van der Waals surface area contributed by atoms with E-state index in [0.29, 0.717) is 5.70 Å². The first-order valence-electron chi connectivity index (χ1n) is 6.42. The van der Waals surface area contributed by atoms with Crippen molar-refractivity contribution in [2.45, 2.75) is 32.4 Å². The van der Waals surface area contributed by atoms with Gasteiger partial charge >= 0.3 is 6.09 Å². The summed E-state index contributed by atoms with van der Waals surface area (Å²) >= 11 is 0. The van der Waals surface area contributed by atoms with Crippen molar-refractivity contribution in [2.24, 2.45) is 11.8 Å². The first-order valence-corrected chi connectivity index (χ1v) is 6.42. The van der Waals surface area contributed by atoms with Gasteiger partial charge in [0.15, 0.2) is 0 Å². The molecule has 6 heteroatoms. The zero-order chi connectivity index (χ0) is 14.6. The van der Waals surface area contributed by atoms with Gasteiger partial charge in [-0.25, -0.2) is 4.79 Å². The van der Waals surface area contributed by atoms with Crippen molar-refractivity contribution in [1.82, 2.24) is 16.0 Å². The Bertz CT molecular complexity index is 368. The Morgan fingerprint density at radius 3 is 2.47 bits per heavy atom. The second-order valence-electron chi connectivity index (χ2n) is 5.09. The van der Waals surface area contributed by atoms with E-state index in [9.17, 15) is 9.59 Å². The smallest absolute Gasteiger partial charge is 0.407 e. The van der Waals surface area contributed by atoms with Gasteiger partial charge in [-0.05, 0) is 12.3 Å². The molecule has 3 N–H and O–H groups in total. The fraction of sp³-hybridized carbons (Fsp3) is 0.692. The van der Waals surface area contributed by atoms with Gasteiger partial charge in [-0.1, -0.05) is 20.4 Å². The highest BCUT2D eigenvalue weighted by molar-refractivity contribution is 5.82. The van der Waals surface area contributed by atoms with E-state index in [2.05, 4.69) is 27.3 Å². The molecule has 0 bridgehead atoms. The monoisotopic (exact) mass is 269 g/mol. The summed E-state index contributed by atoms with van der Waals surface area (Å²) in [5.41, 5.74) is 0.705. The maximum absolute atomic E-state index is 11.4. The Kier molecular flexibility index (Phi) is 5.20. The number of hydrogen-bond donors (Lipinski definition) is 3. The Morgan fingerprint density at radius 2 is 2.00 bits per heavy atom. The summed E-state index contributed by atoms with van der Waals surface area (Å²) in [5.74, 6) is 0.205. The topological polar surface area (TPSA) is 79.5 Å². The third kappa shape index (κ3) is 4.15. The molecule has 0 radical (unpaired) electrons. The second kappa shape index (κ2) is 6.45. The Morgan fingerprint density at radius 1 is 1.37 bits per heavy atom. The van der Waals surface area contributed by atoms with Crippen LogP contribution < -0.4 is 16.0 Å². The van der Waals surface area contributed by atoms with E-state index >= 15 is 0 Å². The van der Waals surface area contributed by atoms with Crippen molar-refractivity contribution in [3.63, 3.8) is 0 Å². The van der Waals surface area contributed by atoms with E-state index in [4.69, 9.17) is 0 Å². The molecule has 0 saturated heterocycles. The lowest BCUT2D eigenvalue weighted by atomic mass is 10.0. The van der Waals surface area contributed by atoms with E-state index in [-0.39, 0.29) is 29.8 Å². The standard InChI is InChI=1S/C13H23N3O3/c1-7(2)11(16-13(18)19-5)8(3)15-10-6-9(10)12(17)14-4/h7,9-11,15H,3,6H2,1-2,4-5H3,(H,14,17)(H,16,18)/t9-,10-,11-/m0/s1.